The molecule has 0 aliphatic carbocycles. The van der Waals surface area contributed by atoms with Gasteiger partial charge in [-0.1, -0.05) is 17.7 Å². The highest BCUT2D eigenvalue weighted by atomic mass is 16.3. The maximum Gasteiger partial charge on any atom is 0.279 e. The van der Waals surface area contributed by atoms with E-state index in [0.717, 1.165) is 40.5 Å². The Labute approximate surface area is 184 Å². The maximum atomic E-state index is 12.7. The van der Waals surface area contributed by atoms with Crippen molar-refractivity contribution >= 4 is 23.2 Å². The molecule has 3 N–H and O–H groups in total. The Balaban J connectivity index is 1.46. The summed E-state index contributed by atoms with van der Waals surface area (Å²) in [5.41, 5.74) is 5.18. The predicted octanol–water partition coefficient (Wildman–Crippen LogP) is 1.12. The van der Waals surface area contributed by atoms with E-state index in [0.29, 0.717) is 19.6 Å². The Morgan fingerprint density at radius 2 is 1.55 bits per heavy atom. The van der Waals surface area contributed by atoms with Crippen LogP contribution in [0.2, 0.25) is 0 Å². The molecule has 1 aliphatic heterocycles. The van der Waals surface area contributed by atoms with Crippen molar-refractivity contribution in [2.24, 2.45) is 0 Å². The molecule has 1 unspecified atom stereocenters. The van der Waals surface area contributed by atoms with Crippen LogP contribution in [0.1, 0.15) is 16.7 Å². The molecular formula is C24H33N4O3+. The van der Waals surface area contributed by atoms with E-state index in [4.69, 9.17) is 0 Å². The van der Waals surface area contributed by atoms with Gasteiger partial charge in [-0.2, -0.15) is 0 Å². The molecule has 1 heterocycles. The fourth-order valence-corrected chi connectivity index (χ4v) is 4.14. The lowest BCUT2D eigenvalue weighted by Gasteiger charge is -2.36. The van der Waals surface area contributed by atoms with E-state index in [1.165, 1.54) is 5.56 Å². The maximum absolute atomic E-state index is 12.7. The van der Waals surface area contributed by atoms with Crippen molar-refractivity contribution in [2.75, 3.05) is 56.5 Å². The number of carbonyl (C=O) groups is 2. The molecule has 0 spiro atoms. The van der Waals surface area contributed by atoms with Gasteiger partial charge in [0.15, 0.2) is 13.1 Å². The smallest absolute Gasteiger partial charge is 0.279 e. The van der Waals surface area contributed by atoms with Gasteiger partial charge < -0.3 is 25.1 Å². The number of carbonyl (C=O) groups excluding carboxylic acids is 2. The van der Waals surface area contributed by atoms with E-state index < -0.39 is 0 Å². The Kier molecular flexibility index (Phi) is 7.17. The number of anilines is 2. The van der Waals surface area contributed by atoms with Gasteiger partial charge in [0.05, 0.1) is 7.05 Å². The van der Waals surface area contributed by atoms with Crippen LogP contribution in [0.4, 0.5) is 11.4 Å². The minimum absolute atomic E-state index is 0.0679. The zero-order valence-corrected chi connectivity index (χ0v) is 18.9. The van der Waals surface area contributed by atoms with Gasteiger partial charge in [0.2, 0.25) is 0 Å². The van der Waals surface area contributed by atoms with E-state index in [2.05, 4.69) is 22.3 Å². The number of phenolic OH excluding ortho intramolecular Hbond substituents is 1. The summed E-state index contributed by atoms with van der Waals surface area (Å²) in [6, 6.07) is 11.2. The Morgan fingerprint density at radius 3 is 2.13 bits per heavy atom. The van der Waals surface area contributed by atoms with Crippen molar-refractivity contribution < 1.29 is 19.6 Å². The minimum Gasteiger partial charge on any atom is -0.508 e. The summed E-state index contributed by atoms with van der Waals surface area (Å²) < 4.78 is 0. The lowest BCUT2D eigenvalue weighted by molar-refractivity contribution is -0.862. The SMILES string of the molecule is Cc1cc(C)c(NC(=O)C[NH+](C)CC(=O)N2CCN(c3ccc(O)cc3)CC2)c(C)c1. The molecule has 7 nitrogen and oxygen atoms in total. The number of piperazine rings is 1. The van der Waals surface area contributed by atoms with Crippen LogP contribution in [0.15, 0.2) is 36.4 Å². The summed E-state index contributed by atoms with van der Waals surface area (Å²) in [6.07, 6.45) is 0. The summed E-state index contributed by atoms with van der Waals surface area (Å²) in [5.74, 6) is 0.233. The molecule has 2 amide bonds. The lowest BCUT2D eigenvalue weighted by atomic mass is 10.1. The topological polar surface area (TPSA) is 77.3 Å². The fraction of sp³-hybridized carbons (Fsp3) is 0.417. The van der Waals surface area contributed by atoms with Crippen molar-refractivity contribution in [3.8, 4) is 5.75 Å². The zero-order valence-electron chi connectivity index (χ0n) is 18.9. The highest BCUT2D eigenvalue weighted by molar-refractivity contribution is 5.93. The Bertz CT molecular complexity index is 911. The first kappa shape index (κ1) is 22.6. The molecule has 1 saturated heterocycles. The molecule has 1 atom stereocenters. The number of likely N-dealkylation sites (N-methyl/N-ethyl adjacent to an activating group) is 1. The number of amides is 2. The quantitative estimate of drug-likeness (QED) is 0.648. The van der Waals surface area contributed by atoms with E-state index in [1.54, 1.807) is 12.1 Å². The van der Waals surface area contributed by atoms with Crippen LogP contribution < -0.4 is 15.1 Å². The third-order valence-corrected chi connectivity index (χ3v) is 5.70. The molecule has 2 aromatic carbocycles. The predicted molar refractivity (Wildman–Crippen MR) is 123 cm³/mol. The highest BCUT2D eigenvalue weighted by Gasteiger charge is 2.24. The van der Waals surface area contributed by atoms with Crippen LogP contribution in [0, 0.1) is 20.8 Å². The van der Waals surface area contributed by atoms with Crippen LogP contribution in [0.5, 0.6) is 5.75 Å². The van der Waals surface area contributed by atoms with Crippen LogP contribution in [0.3, 0.4) is 0 Å². The van der Waals surface area contributed by atoms with Gasteiger partial charge in [-0.15, -0.1) is 0 Å². The Hall–Kier alpha value is -3.06. The number of benzene rings is 2. The zero-order chi connectivity index (χ0) is 22.5. The first-order valence-electron chi connectivity index (χ1n) is 10.7. The van der Waals surface area contributed by atoms with Crippen LogP contribution in [0.25, 0.3) is 0 Å². The number of hydrogen-bond donors (Lipinski definition) is 3. The second-order valence-electron chi connectivity index (χ2n) is 8.52. The molecule has 1 aliphatic rings. The summed E-state index contributed by atoms with van der Waals surface area (Å²) in [6.45, 7) is 9.37. The summed E-state index contributed by atoms with van der Waals surface area (Å²) in [7, 11) is 1.87. The fourth-order valence-electron chi connectivity index (χ4n) is 4.14. The van der Waals surface area contributed by atoms with Gasteiger partial charge in [0.1, 0.15) is 5.75 Å². The van der Waals surface area contributed by atoms with Crippen molar-refractivity contribution in [2.45, 2.75) is 20.8 Å². The normalized spacial score (nSPS) is 15.0. The van der Waals surface area contributed by atoms with E-state index in [9.17, 15) is 14.7 Å². The molecule has 2 aromatic rings. The standard InChI is InChI=1S/C24H32N4O3/c1-17-13-18(2)24(19(3)14-17)25-22(30)15-26(4)16-23(31)28-11-9-27(10-12-28)20-5-7-21(29)8-6-20/h5-8,13-14,29H,9-12,15-16H2,1-4H3,(H,25,30)/p+1. The molecule has 1 fully saturated rings. The largest absolute Gasteiger partial charge is 0.508 e. The molecule has 0 bridgehead atoms. The summed E-state index contributed by atoms with van der Waals surface area (Å²) in [5, 5.41) is 12.4. The van der Waals surface area contributed by atoms with Gasteiger partial charge in [-0.05, 0) is 56.2 Å². The summed E-state index contributed by atoms with van der Waals surface area (Å²) in [4.78, 5) is 30.2. The first-order chi connectivity index (χ1) is 14.7. The third-order valence-electron chi connectivity index (χ3n) is 5.70. The number of hydrogen-bond acceptors (Lipinski definition) is 4. The van der Waals surface area contributed by atoms with Crippen LogP contribution >= 0.6 is 0 Å². The van der Waals surface area contributed by atoms with Gasteiger partial charge in [0, 0.05) is 37.6 Å². The van der Waals surface area contributed by atoms with E-state index in [-0.39, 0.29) is 24.1 Å². The van der Waals surface area contributed by atoms with E-state index >= 15 is 0 Å². The molecule has 0 saturated carbocycles. The van der Waals surface area contributed by atoms with Crippen molar-refractivity contribution in [1.82, 2.24) is 4.90 Å². The molecule has 0 radical (unpaired) electrons. The Morgan fingerprint density at radius 1 is 0.968 bits per heavy atom. The molecule has 166 valence electrons. The molecule has 31 heavy (non-hydrogen) atoms. The molecule has 0 aromatic heterocycles. The number of phenols is 1. The molecule has 7 heteroatoms. The van der Waals surface area contributed by atoms with Crippen molar-refractivity contribution in [3.63, 3.8) is 0 Å². The van der Waals surface area contributed by atoms with Crippen molar-refractivity contribution in [3.05, 3.63) is 53.1 Å². The second kappa shape index (κ2) is 9.83. The number of quaternary nitrogens is 1. The van der Waals surface area contributed by atoms with E-state index in [1.807, 2.05) is 44.9 Å². The van der Waals surface area contributed by atoms with Gasteiger partial charge >= 0.3 is 0 Å². The second-order valence-corrected chi connectivity index (χ2v) is 8.52. The highest BCUT2D eigenvalue weighted by Crippen LogP contribution is 2.22. The molecular weight excluding hydrogens is 392 g/mol. The molecule has 3 rings (SSSR count). The average molecular weight is 426 g/mol. The number of nitrogens with zero attached hydrogens (tertiary/aromatic N) is 2. The average Bonchev–Trinajstić information content (AvgIpc) is 2.71. The minimum atomic E-state index is -0.0856. The monoisotopic (exact) mass is 425 g/mol. The van der Waals surface area contributed by atoms with Gasteiger partial charge in [-0.25, -0.2) is 0 Å². The van der Waals surface area contributed by atoms with Gasteiger partial charge in [0.25, 0.3) is 11.8 Å². The lowest BCUT2D eigenvalue weighted by Crippen LogP contribution is -3.11. The number of nitrogens with one attached hydrogen (secondary N) is 2. The van der Waals surface area contributed by atoms with Crippen LogP contribution in [-0.4, -0.2) is 68.1 Å². The summed E-state index contributed by atoms with van der Waals surface area (Å²) >= 11 is 0. The van der Waals surface area contributed by atoms with Crippen LogP contribution in [-0.2, 0) is 9.59 Å². The number of rotatable bonds is 6. The number of aromatic hydroxyl groups is 1. The number of aryl methyl sites for hydroxylation is 3. The third kappa shape index (κ3) is 5.98. The van der Waals surface area contributed by atoms with Gasteiger partial charge in [-0.3, -0.25) is 9.59 Å². The van der Waals surface area contributed by atoms with Crippen molar-refractivity contribution in [1.29, 1.82) is 0 Å². The first-order valence-corrected chi connectivity index (χ1v) is 10.7.